The molecule has 3 aromatic carbocycles. The van der Waals surface area contributed by atoms with Crippen LogP contribution >= 0.6 is 22.9 Å². The summed E-state index contributed by atoms with van der Waals surface area (Å²) in [4.78, 5) is 72.4. The van der Waals surface area contributed by atoms with Crippen LogP contribution in [0.5, 0.6) is 5.75 Å². The Kier molecular flexibility index (Phi) is 23.7. The molecule has 5 N–H and O–H groups in total. The van der Waals surface area contributed by atoms with Crippen molar-refractivity contribution in [1.82, 2.24) is 35.4 Å². The van der Waals surface area contributed by atoms with Crippen molar-refractivity contribution < 1.29 is 37.4 Å². The second-order valence-electron chi connectivity index (χ2n) is 24.3. The van der Waals surface area contributed by atoms with E-state index in [9.17, 15) is 32.7 Å². The summed E-state index contributed by atoms with van der Waals surface area (Å²) in [6, 6.07) is 17.4. The van der Waals surface area contributed by atoms with Gasteiger partial charge in [-0.1, -0.05) is 107 Å². The fourth-order valence-electron chi connectivity index (χ4n) is 11.0. The number of aliphatic hydroxyl groups is 1. The van der Waals surface area contributed by atoms with Gasteiger partial charge in [0.15, 0.2) is 21.4 Å². The number of ketones is 1. The molecule has 0 bridgehead atoms. The number of hydrogen-bond acceptors (Lipinski definition) is 15. The average molecular weight is 1210 g/mol. The molecule has 2 fully saturated rings. The van der Waals surface area contributed by atoms with Crippen LogP contribution in [0.1, 0.15) is 160 Å². The van der Waals surface area contributed by atoms with Gasteiger partial charge in [-0.05, 0) is 145 Å². The Labute approximate surface area is 506 Å². The van der Waals surface area contributed by atoms with E-state index in [0.29, 0.717) is 49.5 Å². The summed E-state index contributed by atoms with van der Waals surface area (Å²) in [6.07, 6.45) is 11.4. The molecule has 2 aromatic heterocycles. The molecule has 456 valence electrons. The smallest absolute Gasteiger partial charge is 0.246 e. The van der Waals surface area contributed by atoms with Crippen LogP contribution in [0.3, 0.4) is 0 Å². The van der Waals surface area contributed by atoms with Crippen molar-refractivity contribution in [3.8, 4) is 16.2 Å². The third-order valence-corrected chi connectivity index (χ3v) is 19.3. The number of ether oxygens (including phenoxy) is 1. The number of amides is 3. The Morgan fingerprint density at radius 2 is 1.52 bits per heavy atom. The first-order valence-corrected chi connectivity index (χ1v) is 32.8. The molecule has 7 rings (SSSR count). The van der Waals surface area contributed by atoms with E-state index in [1.807, 2.05) is 77.4 Å². The number of halogens is 1. The van der Waals surface area contributed by atoms with Crippen LogP contribution in [-0.2, 0) is 35.4 Å². The highest BCUT2D eigenvalue weighted by Crippen LogP contribution is 2.39. The van der Waals surface area contributed by atoms with E-state index >= 15 is 0 Å². The highest BCUT2D eigenvalue weighted by Gasteiger charge is 2.44. The summed E-state index contributed by atoms with van der Waals surface area (Å²) in [5.74, 6) is 0.902. The van der Waals surface area contributed by atoms with Gasteiger partial charge in [0.25, 0.3) is 0 Å². The van der Waals surface area contributed by atoms with Crippen LogP contribution in [0.25, 0.3) is 10.4 Å². The number of aromatic nitrogens is 3. The lowest BCUT2D eigenvalue weighted by Gasteiger charge is -2.35. The lowest BCUT2D eigenvalue weighted by Crippen LogP contribution is -2.56. The lowest BCUT2D eigenvalue weighted by molar-refractivity contribution is -0.143. The molecule has 2 aliphatic heterocycles. The normalized spacial score (nSPS) is 16.5. The Morgan fingerprint density at radius 1 is 0.845 bits per heavy atom. The summed E-state index contributed by atoms with van der Waals surface area (Å²) in [5, 5.41) is 22.8. The second kappa shape index (κ2) is 30.4. The summed E-state index contributed by atoms with van der Waals surface area (Å²) in [7, 11) is -3.59. The zero-order valence-corrected chi connectivity index (χ0v) is 53.0. The third kappa shape index (κ3) is 18.3. The monoisotopic (exact) mass is 1210 g/mol. The number of nitrogens with zero attached hydrogens (tertiary/aromatic N) is 5. The van der Waals surface area contributed by atoms with Gasteiger partial charge in [0.1, 0.15) is 16.8 Å². The Morgan fingerprint density at radius 3 is 2.18 bits per heavy atom. The number of piperidine rings is 1. The number of anilines is 4. The molecule has 0 aliphatic carbocycles. The zero-order valence-electron chi connectivity index (χ0n) is 50.6. The summed E-state index contributed by atoms with van der Waals surface area (Å²) in [6.45, 7) is 19.7. The average Bonchev–Trinajstić information content (AvgIpc) is 4.26. The molecule has 0 unspecified atom stereocenters. The molecule has 5 aromatic rings. The number of carbonyl (C=O) groups excluding carboxylic acids is 4. The number of likely N-dealkylation sites (tertiary alicyclic amines) is 2. The summed E-state index contributed by atoms with van der Waals surface area (Å²) < 4.78 is 32.6. The molecule has 0 spiro atoms. The molecule has 0 radical (unpaired) electrons. The van der Waals surface area contributed by atoms with E-state index in [-0.39, 0.29) is 76.6 Å². The van der Waals surface area contributed by atoms with Gasteiger partial charge in [0.2, 0.25) is 23.7 Å². The van der Waals surface area contributed by atoms with Crippen molar-refractivity contribution >= 4 is 79.4 Å². The minimum absolute atomic E-state index is 0.0451. The molecule has 2 aliphatic rings. The molecule has 84 heavy (non-hydrogen) atoms. The van der Waals surface area contributed by atoms with Crippen molar-refractivity contribution in [3.63, 3.8) is 0 Å². The van der Waals surface area contributed by atoms with Crippen molar-refractivity contribution in [2.24, 2.45) is 5.41 Å². The Hall–Kier alpha value is -5.99. The van der Waals surface area contributed by atoms with E-state index < -0.39 is 38.7 Å². The number of para-hydroxylation sites is 1. The molecule has 20 heteroatoms. The first-order chi connectivity index (χ1) is 40.0. The number of carbonyl (C=O) groups is 4. The van der Waals surface area contributed by atoms with Gasteiger partial charge in [-0.3, -0.25) is 24.1 Å². The Balaban J connectivity index is 0.765. The number of aliphatic hydroxyl groups excluding tert-OH is 1. The van der Waals surface area contributed by atoms with Gasteiger partial charge in [0, 0.05) is 32.4 Å². The van der Waals surface area contributed by atoms with Gasteiger partial charge in [-0.2, -0.15) is 4.98 Å². The van der Waals surface area contributed by atoms with Crippen LogP contribution in [0.15, 0.2) is 77.3 Å². The van der Waals surface area contributed by atoms with Crippen LogP contribution in [-0.4, -0.2) is 124 Å². The summed E-state index contributed by atoms with van der Waals surface area (Å²) in [5.41, 5.74) is 7.66. The quantitative estimate of drug-likeness (QED) is 0.0281. The summed E-state index contributed by atoms with van der Waals surface area (Å²) >= 11 is 8.13. The second-order valence-corrected chi connectivity index (χ2v) is 28.0. The number of thiazole rings is 1. The number of aryl methyl sites for hydroxylation is 3. The number of Topliss-reactive ketones (excluding diaryl/α,β-unsaturated/α-hetero) is 1. The van der Waals surface area contributed by atoms with Crippen molar-refractivity contribution in [2.45, 2.75) is 193 Å². The van der Waals surface area contributed by atoms with E-state index in [4.69, 9.17) is 16.3 Å². The first kappa shape index (κ1) is 65.6. The molecule has 2 saturated heterocycles. The SMILES string of the molecule is Cc1cc(Nc2ncc(Cl)c(Nc3ccccc3S(=O)(=O)C(C)C)n2)c(OC(C)C)cc1C1CCN(CC(=O)NCCCCCCCCCCC(=O)N[C@H](C(=O)N2C[C@H](O)C[C@H]2C(=O)CCc2ccc(-c3scnc3C)cc2)C(C)(C)C)CC1. The largest absolute Gasteiger partial charge is 0.489 e. The number of hydrogen-bond donors (Lipinski definition) is 5. The molecule has 0 saturated carbocycles. The lowest BCUT2D eigenvalue weighted by atomic mass is 9.85. The Bertz CT molecular complexity index is 3140. The highest BCUT2D eigenvalue weighted by atomic mass is 35.5. The van der Waals surface area contributed by atoms with E-state index in [1.54, 1.807) is 49.4 Å². The van der Waals surface area contributed by atoms with Gasteiger partial charge in [0.05, 0.1) is 68.6 Å². The van der Waals surface area contributed by atoms with E-state index in [2.05, 4.69) is 54.1 Å². The topological polar surface area (TPSA) is 225 Å². The minimum atomic E-state index is -3.59. The first-order valence-electron chi connectivity index (χ1n) is 30.0. The number of nitrogens with one attached hydrogen (secondary N) is 4. The number of unbranched alkanes of at least 4 members (excludes halogenated alkanes) is 7. The zero-order chi connectivity index (χ0) is 60.7. The minimum Gasteiger partial charge on any atom is -0.489 e. The van der Waals surface area contributed by atoms with E-state index in [1.165, 1.54) is 16.7 Å². The third-order valence-electron chi connectivity index (χ3n) is 15.8. The van der Waals surface area contributed by atoms with Crippen LogP contribution in [0, 0.1) is 19.3 Å². The maximum Gasteiger partial charge on any atom is 0.246 e. The highest BCUT2D eigenvalue weighted by molar-refractivity contribution is 7.92. The fourth-order valence-corrected chi connectivity index (χ4v) is 13.2. The molecule has 3 amide bonds. The molecule has 3 atom stereocenters. The molecular formula is C64H88ClN9O8S2. The number of β-amino-alcohol motifs (C(OH)–C–C–N with tert-alkyl or cyclic N) is 1. The van der Waals surface area contributed by atoms with Gasteiger partial charge < -0.3 is 36.0 Å². The fraction of sp³-hybridized carbons (Fsp3) is 0.547. The maximum atomic E-state index is 14.1. The van der Waals surface area contributed by atoms with Gasteiger partial charge in [-0.15, -0.1) is 11.3 Å². The number of sulfone groups is 1. The molecule has 4 heterocycles. The van der Waals surface area contributed by atoms with Crippen LogP contribution < -0.4 is 26.0 Å². The predicted octanol–water partition coefficient (Wildman–Crippen LogP) is 11.8. The number of benzene rings is 3. The van der Waals surface area contributed by atoms with Crippen molar-refractivity contribution in [2.75, 3.05) is 43.4 Å². The molecule has 17 nitrogen and oxygen atoms in total. The van der Waals surface area contributed by atoms with Crippen molar-refractivity contribution in [1.29, 1.82) is 0 Å². The standard InChI is InChI=1S/C64H88ClN9O8S2/c1-41(2)82-55-36-49(43(5)34-52(55)70-63-67-37-50(65)61(72-63)69-51-20-17-18-21-56(51)84(80,81)42(3)4)46-29-32-73(33-30-46)39-58(78)66-31-19-15-13-11-10-12-14-16-22-57(77)71-60(64(7,8)9)62(79)74-38-48(75)35-53(74)54(76)28-25-45-23-26-47(27-24-45)59-44(6)68-40-83-59/h17-18,20-21,23-24,26-27,34,36-37,40-42,46,48,53,60,75H,10-16,19,22,25,28-33,35,38-39H2,1-9H3,(H,66,78)(H,71,77)(H2,67,69,70,72)/t48-,53+,60-/m1/s1. The van der Waals surface area contributed by atoms with Gasteiger partial charge >= 0.3 is 0 Å². The van der Waals surface area contributed by atoms with Crippen LogP contribution in [0.2, 0.25) is 5.02 Å². The van der Waals surface area contributed by atoms with Crippen molar-refractivity contribution in [3.05, 3.63) is 99.8 Å². The van der Waals surface area contributed by atoms with Gasteiger partial charge in [-0.25, -0.2) is 18.4 Å². The van der Waals surface area contributed by atoms with Crippen LogP contribution in [0.4, 0.5) is 23.1 Å². The van der Waals surface area contributed by atoms with E-state index in [0.717, 1.165) is 98.1 Å². The maximum absolute atomic E-state index is 14.1. The number of rotatable bonds is 29. The predicted molar refractivity (Wildman–Crippen MR) is 335 cm³/mol. The molecular weight excluding hydrogens is 1120 g/mol.